The molecule has 30 heavy (non-hydrogen) atoms. The zero-order valence-electron chi connectivity index (χ0n) is 17.0. The fraction of sp³-hybridized carbons (Fsp3) is 0.167. The van der Waals surface area contributed by atoms with Gasteiger partial charge in [-0.2, -0.15) is 0 Å². The Labute approximate surface area is 175 Å². The third kappa shape index (κ3) is 6.38. The molecule has 0 bridgehead atoms. The molecule has 3 aromatic carbocycles. The summed E-state index contributed by atoms with van der Waals surface area (Å²) >= 11 is 0. The second-order valence-electron chi connectivity index (χ2n) is 6.81. The number of nitrogens with one attached hydrogen (secondary N) is 2. The van der Waals surface area contributed by atoms with Crippen molar-refractivity contribution in [2.24, 2.45) is 0 Å². The lowest BCUT2D eigenvalue weighted by Gasteiger charge is -2.13. The third-order valence-electron chi connectivity index (χ3n) is 4.20. The van der Waals surface area contributed by atoms with Crippen molar-refractivity contribution in [2.45, 2.75) is 20.5 Å². The summed E-state index contributed by atoms with van der Waals surface area (Å²) in [5, 5.41) is 5.47. The van der Waals surface area contributed by atoms with Gasteiger partial charge in [0.15, 0.2) is 6.61 Å². The average Bonchev–Trinajstić information content (AvgIpc) is 2.74. The number of rotatable bonds is 8. The number of carbonyl (C=O) groups is 2. The third-order valence-corrected chi connectivity index (χ3v) is 4.20. The quantitative estimate of drug-likeness (QED) is 0.577. The summed E-state index contributed by atoms with van der Waals surface area (Å²) in [5.41, 5.74) is 3.13. The molecule has 6 heteroatoms. The average molecular weight is 404 g/mol. The first-order valence-corrected chi connectivity index (χ1v) is 9.57. The minimum absolute atomic E-state index is 0.155. The van der Waals surface area contributed by atoms with Crippen molar-refractivity contribution >= 4 is 23.2 Å². The summed E-state index contributed by atoms with van der Waals surface area (Å²) in [6.45, 7) is 3.65. The Morgan fingerprint density at radius 2 is 1.47 bits per heavy atom. The molecule has 0 unspecified atom stereocenters. The van der Waals surface area contributed by atoms with Crippen LogP contribution in [0.3, 0.4) is 0 Å². The maximum absolute atomic E-state index is 12.3. The minimum atomic E-state index is -0.323. The van der Waals surface area contributed by atoms with Gasteiger partial charge in [-0.25, -0.2) is 0 Å². The largest absolute Gasteiger partial charge is 0.489 e. The van der Waals surface area contributed by atoms with E-state index in [9.17, 15) is 9.59 Å². The maximum atomic E-state index is 12.3. The van der Waals surface area contributed by atoms with Crippen LogP contribution in [0.15, 0.2) is 72.8 Å². The van der Waals surface area contributed by atoms with Crippen molar-refractivity contribution in [2.75, 3.05) is 17.2 Å². The van der Waals surface area contributed by atoms with Gasteiger partial charge in [0.05, 0.1) is 11.4 Å². The van der Waals surface area contributed by atoms with Crippen LogP contribution in [0, 0.1) is 6.92 Å². The van der Waals surface area contributed by atoms with Crippen LogP contribution in [0.1, 0.15) is 18.1 Å². The van der Waals surface area contributed by atoms with E-state index >= 15 is 0 Å². The summed E-state index contributed by atoms with van der Waals surface area (Å²) in [7, 11) is 0. The predicted molar refractivity (Wildman–Crippen MR) is 117 cm³/mol. The number of hydrogen-bond donors (Lipinski definition) is 2. The van der Waals surface area contributed by atoms with Crippen molar-refractivity contribution in [1.82, 2.24) is 0 Å². The van der Waals surface area contributed by atoms with Crippen LogP contribution in [0.5, 0.6) is 11.5 Å². The zero-order chi connectivity index (χ0) is 21.3. The van der Waals surface area contributed by atoms with Crippen LogP contribution < -0.4 is 20.1 Å². The second kappa shape index (κ2) is 10.1. The SMILES string of the molecule is CC(=O)Nc1ccc(C)cc1NC(=O)COc1ccc(OCc2ccccc2)cc1. The van der Waals surface area contributed by atoms with Gasteiger partial charge >= 0.3 is 0 Å². The smallest absolute Gasteiger partial charge is 0.262 e. The van der Waals surface area contributed by atoms with E-state index in [-0.39, 0.29) is 18.4 Å². The van der Waals surface area contributed by atoms with Crippen molar-refractivity contribution < 1.29 is 19.1 Å². The second-order valence-corrected chi connectivity index (χ2v) is 6.81. The summed E-state index contributed by atoms with van der Waals surface area (Å²) < 4.78 is 11.3. The van der Waals surface area contributed by atoms with Gasteiger partial charge in [-0.15, -0.1) is 0 Å². The van der Waals surface area contributed by atoms with Crippen molar-refractivity contribution in [1.29, 1.82) is 0 Å². The lowest BCUT2D eigenvalue weighted by atomic mass is 10.2. The number of amides is 2. The monoisotopic (exact) mass is 404 g/mol. The topological polar surface area (TPSA) is 76.7 Å². The van der Waals surface area contributed by atoms with Gasteiger partial charge < -0.3 is 20.1 Å². The lowest BCUT2D eigenvalue weighted by molar-refractivity contribution is -0.118. The Kier molecular flexibility index (Phi) is 7.05. The van der Waals surface area contributed by atoms with Gasteiger partial charge in [-0.1, -0.05) is 36.4 Å². The van der Waals surface area contributed by atoms with Crippen LogP contribution in [0.25, 0.3) is 0 Å². The normalized spacial score (nSPS) is 10.2. The molecule has 0 aliphatic carbocycles. The van der Waals surface area contributed by atoms with Crippen LogP contribution in [-0.4, -0.2) is 18.4 Å². The highest BCUT2D eigenvalue weighted by Crippen LogP contribution is 2.23. The minimum Gasteiger partial charge on any atom is -0.489 e. The highest BCUT2D eigenvalue weighted by atomic mass is 16.5. The van der Waals surface area contributed by atoms with Crippen LogP contribution in [-0.2, 0) is 16.2 Å². The van der Waals surface area contributed by atoms with E-state index in [2.05, 4.69) is 10.6 Å². The van der Waals surface area contributed by atoms with Crippen molar-refractivity contribution in [3.05, 3.63) is 83.9 Å². The van der Waals surface area contributed by atoms with Crippen molar-refractivity contribution in [3.63, 3.8) is 0 Å². The summed E-state index contributed by atoms with van der Waals surface area (Å²) in [5.74, 6) is 0.746. The predicted octanol–water partition coefficient (Wildman–Crippen LogP) is 4.55. The number of anilines is 2. The number of ether oxygens (including phenoxy) is 2. The summed E-state index contributed by atoms with van der Waals surface area (Å²) in [6, 6.07) is 22.4. The first kappa shape index (κ1) is 20.9. The fourth-order valence-electron chi connectivity index (χ4n) is 2.77. The van der Waals surface area contributed by atoms with Gasteiger partial charge in [0.1, 0.15) is 18.1 Å². The van der Waals surface area contributed by atoms with E-state index < -0.39 is 0 Å². The zero-order valence-corrected chi connectivity index (χ0v) is 17.0. The van der Waals surface area contributed by atoms with Crippen LogP contribution in [0.2, 0.25) is 0 Å². The van der Waals surface area contributed by atoms with Gasteiger partial charge in [-0.05, 0) is 54.4 Å². The molecule has 0 fully saturated rings. The molecule has 0 saturated carbocycles. The first-order chi connectivity index (χ1) is 14.5. The lowest BCUT2D eigenvalue weighted by Crippen LogP contribution is -2.21. The van der Waals surface area contributed by atoms with E-state index in [0.29, 0.717) is 23.7 Å². The molecule has 0 aliphatic rings. The molecule has 0 aromatic heterocycles. The molecule has 3 aromatic rings. The number of carbonyl (C=O) groups excluding carboxylic acids is 2. The van der Waals surface area contributed by atoms with E-state index in [1.807, 2.05) is 43.3 Å². The van der Waals surface area contributed by atoms with Crippen molar-refractivity contribution in [3.8, 4) is 11.5 Å². The Balaban J connectivity index is 1.51. The number of aryl methyl sites for hydroxylation is 1. The summed E-state index contributed by atoms with van der Waals surface area (Å²) in [6.07, 6.45) is 0. The molecule has 0 heterocycles. The molecule has 3 rings (SSSR count). The van der Waals surface area contributed by atoms with Gasteiger partial charge in [0.25, 0.3) is 5.91 Å². The molecule has 0 atom stereocenters. The molecule has 0 radical (unpaired) electrons. The molecule has 154 valence electrons. The van der Waals surface area contributed by atoms with E-state index in [1.165, 1.54) is 6.92 Å². The van der Waals surface area contributed by atoms with E-state index in [4.69, 9.17) is 9.47 Å². The van der Waals surface area contributed by atoms with Gasteiger partial charge in [0.2, 0.25) is 5.91 Å². The highest BCUT2D eigenvalue weighted by molar-refractivity contribution is 5.99. The molecule has 2 amide bonds. The van der Waals surface area contributed by atoms with Crippen LogP contribution >= 0.6 is 0 Å². The fourth-order valence-corrected chi connectivity index (χ4v) is 2.77. The molecule has 0 saturated heterocycles. The number of hydrogen-bond acceptors (Lipinski definition) is 4. The Morgan fingerprint density at radius 1 is 0.800 bits per heavy atom. The summed E-state index contributed by atoms with van der Waals surface area (Å²) in [4.78, 5) is 23.6. The Bertz CT molecular complexity index is 1000. The van der Waals surface area contributed by atoms with Crippen LogP contribution in [0.4, 0.5) is 11.4 Å². The molecular formula is C24H24N2O4. The standard InChI is InChI=1S/C24H24N2O4/c1-17-8-13-22(25-18(2)27)23(14-17)26-24(28)16-30-21-11-9-20(10-12-21)29-15-19-6-4-3-5-7-19/h3-14H,15-16H2,1-2H3,(H,25,27)(H,26,28). The molecule has 6 nitrogen and oxygen atoms in total. The highest BCUT2D eigenvalue weighted by Gasteiger charge is 2.09. The first-order valence-electron chi connectivity index (χ1n) is 9.57. The number of benzene rings is 3. The van der Waals surface area contributed by atoms with Gasteiger partial charge in [0, 0.05) is 6.92 Å². The Hall–Kier alpha value is -3.80. The van der Waals surface area contributed by atoms with E-state index in [0.717, 1.165) is 16.9 Å². The van der Waals surface area contributed by atoms with E-state index in [1.54, 1.807) is 36.4 Å². The Morgan fingerprint density at radius 3 is 2.13 bits per heavy atom. The maximum Gasteiger partial charge on any atom is 0.262 e. The molecule has 0 aliphatic heterocycles. The molecular weight excluding hydrogens is 380 g/mol. The molecule has 0 spiro atoms. The molecule has 2 N–H and O–H groups in total. The van der Waals surface area contributed by atoms with Gasteiger partial charge in [-0.3, -0.25) is 9.59 Å².